The van der Waals surface area contributed by atoms with Gasteiger partial charge in [0.25, 0.3) is 0 Å². The maximum atomic E-state index is 5.27. The maximum absolute atomic E-state index is 5.27. The Hall–Kier alpha value is -1.99. The fourth-order valence-electron chi connectivity index (χ4n) is 4.90. The average molecular weight is 399 g/mol. The third kappa shape index (κ3) is 4.78. The molecule has 1 aromatic carbocycles. The molecule has 2 heterocycles. The molecule has 1 aromatic heterocycles. The lowest BCUT2D eigenvalue weighted by molar-refractivity contribution is 0.0627. The molecular weight excluding hydrogens is 364 g/mol. The molecule has 4 rings (SSSR count). The molecule has 1 atom stereocenters. The quantitative estimate of drug-likeness (QED) is 0.681. The molecular formula is C22H34N6O. The molecule has 0 bridgehead atoms. The van der Waals surface area contributed by atoms with Crippen LogP contribution in [0.1, 0.15) is 62.9 Å². The largest absolute Gasteiger partial charge is 0.497 e. The molecule has 1 aliphatic heterocycles. The molecule has 1 aliphatic carbocycles. The standard InChI is InChI=1S/C22H34N6O/c1-3-6-21(27-15-13-26(14-16-27)19-7-4-5-8-19)22-23-24-25-28(22)17-18-9-11-20(29-2)12-10-18/h9-12,19,21H,3-8,13-17H2,1-2H3/t21-/m0/s1. The molecule has 0 radical (unpaired) electrons. The number of ether oxygens (including phenoxy) is 1. The van der Waals surface area contributed by atoms with Crippen LogP contribution in [0.25, 0.3) is 0 Å². The van der Waals surface area contributed by atoms with Crippen LogP contribution in [0.5, 0.6) is 5.75 Å². The molecule has 1 saturated heterocycles. The lowest BCUT2D eigenvalue weighted by Gasteiger charge is -2.41. The highest BCUT2D eigenvalue weighted by Crippen LogP contribution is 2.29. The first kappa shape index (κ1) is 20.3. The predicted octanol–water partition coefficient (Wildman–Crippen LogP) is 3.13. The van der Waals surface area contributed by atoms with E-state index < -0.39 is 0 Å². The monoisotopic (exact) mass is 398 g/mol. The van der Waals surface area contributed by atoms with Crippen LogP contribution in [0.3, 0.4) is 0 Å². The highest BCUT2D eigenvalue weighted by molar-refractivity contribution is 5.27. The van der Waals surface area contributed by atoms with E-state index in [1.807, 2.05) is 16.8 Å². The van der Waals surface area contributed by atoms with E-state index in [2.05, 4.69) is 44.4 Å². The fourth-order valence-corrected chi connectivity index (χ4v) is 4.90. The second-order valence-corrected chi connectivity index (χ2v) is 8.36. The number of piperazine rings is 1. The Bertz CT molecular complexity index is 747. The topological polar surface area (TPSA) is 59.3 Å². The van der Waals surface area contributed by atoms with Crippen LogP contribution in [-0.2, 0) is 6.54 Å². The number of methoxy groups -OCH3 is 1. The van der Waals surface area contributed by atoms with E-state index in [0.717, 1.165) is 43.5 Å². The first-order valence-electron chi connectivity index (χ1n) is 11.2. The van der Waals surface area contributed by atoms with E-state index in [4.69, 9.17) is 4.74 Å². The smallest absolute Gasteiger partial charge is 0.168 e. The number of aromatic nitrogens is 4. The summed E-state index contributed by atoms with van der Waals surface area (Å²) in [4.78, 5) is 5.32. The van der Waals surface area contributed by atoms with Gasteiger partial charge in [-0.2, -0.15) is 0 Å². The van der Waals surface area contributed by atoms with Gasteiger partial charge in [-0.15, -0.1) is 5.10 Å². The fraction of sp³-hybridized carbons (Fsp3) is 0.682. The van der Waals surface area contributed by atoms with Gasteiger partial charge in [0.2, 0.25) is 0 Å². The Kier molecular flexibility index (Phi) is 6.77. The van der Waals surface area contributed by atoms with Gasteiger partial charge in [-0.25, -0.2) is 4.68 Å². The Morgan fingerprint density at radius 2 is 1.79 bits per heavy atom. The third-order valence-electron chi connectivity index (χ3n) is 6.54. The Balaban J connectivity index is 1.44. The molecule has 0 amide bonds. The first-order valence-corrected chi connectivity index (χ1v) is 11.2. The SMILES string of the molecule is CCC[C@@H](c1nnnn1Cc1ccc(OC)cc1)N1CCN(C2CCCC2)CC1. The molecule has 158 valence electrons. The van der Waals surface area contributed by atoms with Crippen molar-refractivity contribution in [2.75, 3.05) is 33.3 Å². The first-order chi connectivity index (χ1) is 14.3. The van der Waals surface area contributed by atoms with Crippen LogP contribution < -0.4 is 4.74 Å². The normalized spacial score (nSPS) is 20.2. The highest BCUT2D eigenvalue weighted by Gasteiger charge is 2.31. The molecule has 29 heavy (non-hydrogen) atoms. The van der Waals surface area contributed by atoms with Crippen LogP contribution >= 0.6 is 0 Å². The zero-order valence-corrected chi connectivity index (χ0v) is 17.8. The van der Waals surface area contributed by atoms with Crippen molar-refractivity contribution in [1.29, 1.82) is 0 Å². The Morgan fingerprint density at radius 3 is 2.45 bits per heavy atom. The molecule has 2 aromatic rings. The molecule has 2 fully saturated rings. The molecule has 7 nitrogen and oxygen atoms in total. The number of rotatable bonds is 8. The minimum Gasteiger partial charge on any atom is -0.497 e. The molecule has 0 unspecified atom stereocenters. The maximum Gasteiger partial charge on any atom is 0.168 e. The molecule has 2 aliphatic rings. The van der Waals surface area contributed by atoms with Crippen molar-refractivity contribution in [2.24, 2.45) is 0 Å². The summed E-state index contributed by atoms with van der Waals surface area (Å²) < 4.78 is 7.24. The van der Waals surface area contributed by atoms with E-state index in [0.29, 0.717) is 12.6 Å². The van der Waals surface area contributed by atoms with Gasteiger partial charge in [0.15, 0.2) is 5.82 Å². The molecule has 0 N–H and O–H groups in total. The van der Waals surface area contributed by atoms with Crippen molar-refractivity contribution < 1.29 is 4.74 Å². The molecule has 0 spiro atoms. The van der Waals surface area contributed by atoms with Gasteiger partial charge in [0, 0.05) is 32.2 Å². The van der Waals surface area contributed by atoms with Crippen molar-refractivity contribution in [3.63, 3.8) is 0 Å². The lowest BCUT2D eigenvalue weighted by atomic mass is 10.1. The number of tetrazole rings is 1. The third-order valence-corrected chi connectivity index (χ3v) is 6.54. The zero-order chi connectivity index (χ0) is 20.1. The summed E-state index contributed by atoms with van der Waals surface area (Å²) in [5.74, 6) is 1.87. The number of benzene rings is 1. The summed E-state index contributed by atoms with van der Waals surface area (Å²) in [5.41, 5.74) is 1.18. The summed E-state index contributed by atoms with van der Waals surface area (Å²) in [5, 5.41) is 12.8. The van der Waals surface area contributed by atoms with E-state index in [1.54, 1.807) is 7.11 Å². The minimum absolute atomic E-state index is 0.291. The van der Waals surface area contributed by atoms with Gasteiger partial charge in [-0.1, -0.05) is 38.3 Å². The van der Waals surface area contributed by atoms with Gasteiger partial charge in [-0.05, 0) is 47.4 Å². The highest BCUT2D eigenvalue weighted by atomic mass is 16.5. The second kappa shape index (κ2) is 9.67. The summed E-state index contributed by atoms with van der Waals surface area (Å²) in [6.07, 6.45) is 7.80. The minimum atomic E-state index is 0.291. The van der Waals surface area contributed by atoms with Gasteiger partial charge in [0.1, 0.15) is 5.75 Å². The predicted molar refractivity (Wildman–Crippen MR) is 113 cm³/mol. The van der Waals surface area contributed by atoms with Crippen LogP contribution in [0, 0.1) is 0 Å². The van der Waals surface area contributed by atoms with Crippen LogP contribution in [-0.4, -0.2) is 69.3 Å². The van der Waals surface area contributed by atoms with Gasteiger partial charge in [0.05, 0.1) is 19.7 Å². The summed E-state index contributed by atoms with van der Waals surface area (Å²) in [7, 11) is 1.69. The van der Waals surface area contributed by atoms with Crippen LogP contribution in [0.4, 0.5) is 0 Å². The molecule has 7 heteroatoms. The van der Waals surface area contributed by atoms with Crippen LogP contribution in [0.15, 0.2) is 24.3 Å². The van der Waals surface area contributed by atoms with E-state index in [-0.39, 0.29) is 0 Å². The Labute approximate surface area is 174 Å². The van der Waals surface area contributed by atoms with Crippen molar-refractivity contribution >= 4 is 0 Å². The van der Waals surface area contributed by atoms with Gasteiger partial charge in [-0.3, -0.25) is 9.80 Å². The second-order valence-electron chi connectivity index (χ2n) is 8.36. The van der Waals surface area contributed by atoms with Crippen molar-refractivity contribution in [3.8, 4) is 5.75 Å². The van der Waals surface area contributed by atoms with E-state index >= 15 is 0 Å². The molecule has 1 saturated carbocycles. The Morgan fingerprint density at radius 1 is 1.07 bits per heavy atom. The van der Waals surface area contributed by atoms with Gasteiger partial charge < -0.3 is 4.74 Å². The van der Waals surface area contributed by atoms with Gasteiger partial charge >= 0.3 is 0 Å². The zero-order valence-electron chi connectivity index (χ0n) is 17.8. The van der Waals surface area contributed by atoms with E-state index in [9.17, 15) is 0 Å². The summed E-state index contributed by atoms with van der Waals surface area (Å²) >= 11 is 0. The van der Waals surface area contributed by atoms with Crippen molar-refractivity contribution in [3.05, 3.63) is 35.7 Å². The number of hydrogen-bond donors (Lipinski definition) is 0. The number of nitrogens with zero attached hydrogens (tertiary/aromatic N) is 6. The van der Waals surface area contributed by atoms with Crippen molar-refractivity contribution in [2.45, 2.75) is 64.1 Å². The lowest BCUT2D eigenvalue weighted by Crippen LogP contribution is -2.50. The summed E-state index contributed by atoms with van der Waals surface area (Å²) in [6.45, 7) is 7.50. The van der Waals surface area contributed by atoms with Crippen LogP contribution in [0.2, 0.25) is 0 Å². The number of hydrogen-bond acceptors (Lipinski definition) is 6. The van der Waals surface area contributed by atoms with E-state index in [1.165, 1.54) is 44.3 Å². The average Bonchev–Trinajstić information content (AvgIpc) is 3.45. The summed E-state index contributed by atoms with van der Waals surface area (Å²) in [6, 6.07) is 9.26. The van der Waals surface area contributed by atoms with Crippen molar-refractivity contribution in [1.82, 2.24) is 30.0 Å².